The normalized spacial score (nSPS) is 13.3. The van der Waals surface area contributed by atoms with Crippen molar-refractivity contribution in [2.75, 3.05) is 0 Å². The third-order valence-electron chi connectivity index (χ3n) is 2.45. The van der Waals surface area contributed by atoms with Gasteiger partial charge in [-0.25, -0.2) is 9.97 Å². The molecule has 0 spiro atoms. The summed E-state index contributed by atoms with van der Waals surface area (Å²) in [7, 11) is 0. The maximum atomic E-state index is 12.4. The van der Waals surface area contributed by atoms with Crippen molar-refractivity contribution in [2.45, 2.75) is 12.3 Å². The first-order valence-electron chi connectivity index (χ1n) is 5.08. The van der Waals surface area contributed by atoms with E-state index in [-0.39, 0.29) is 0 Å². The second-order valence-corrected chi connectivity index (χ2v) is 3.69. The highest BCUT2D eigenvalue weighted by molar-refractivity contribution is 5.30. The van der Waals surface area contributed by atoms with Gasteiger partial charge in [-0.15, -0.1) is 0 Å². The quantitative estimate of drug-likeness (QED) is 0.895. The van der Waals surface area contributed by atoms with Crippen molar-refractivity contribution >= 4 is 0 Å². The Balaban J connectivity index is 2.25. The van der Waals surface area contributed by atoms with Crippen LogP contribution in [0.5, 0.6) is 0 Å². The molecule has 94 valence electrons. The van der Waals surface area contributed by atoms with E-state index in [1.54, 1.807) is 0 Å². The molecule has 0 amide bonds. The van der Waals surface area contributed by atoms with Crippen molar-refractivity contribution in [2.24, 2.45) is 0 Å². The summed E-state index contributed by atoms with van der Waals surface area (Å²) in [5.41, 5.74) is 0.0396. The number of aromatic nitrogens is 2. The Bertz CT molecular complexity index is 511. The molecule has 0 saturated heterocycles. The molecule has 0 saturated carbocycles. The van der Waals surface area contributed by atoms with Crippen LogP contribution in [0.4, 0.5) is 13.2 Å². The van der Waals surface area contributed by atoms with Crippen LogP contribution < -0.4 is 0 Å². The average Bonchev–Trinajstić information content (AvgIpc) is 2.38. The molecule has 1 N–H and O–H groups in total. The van der Waals surface area contributed by atoms with Gasteiger partial charge in [-0.3, -0.25) is 0 Å². The zero-order valence-electron chi connectivity index (χ0n) is 9.09. The van der Waals surface area contributed by atoms with E-state index in [9.17, 15) is 18.3 Å². The molecule has 18 heavy (non-hydrogen) atoms. The number of rotatable bonds is 2. The number of halogens is 3. The van der Waals surface area contributed by atoms with E-state index < -0.39 is 17.8 Å². The van der Waals surface area contributed by atoms with Gasteiger partial charge in [0.05, 0.1) is 5.56 Å². The second-order valence-electron chi connectivity index (χ2n) is 3.69. The fourth-order valence-corrected chi connectivity index (χ4v) is 1.50. The van der Waals surface area contributed by atoms with E-state index >= 15 is 0 Å². The summed E-state index contributed by atoms with van der Waals surface area (Å²) < 4.78 is 37.1. The van der Waals surface area contributed by atoms with E-state index in [1.807, 2.05) is 0 Å². The van der Waals surface area contributed by atoms with Crippen molar-refractivity contribution in [1.82, 2.24) is 9.97 Å². The minimum absolute atomic E-state index is 0.359. The van der Waals surface area contributed by atoms with Gasteiger partial charge < -0.3 is 5.11 Å². The molecule has 0 aliphatic heterocycles. The van der Waals surface area contributed by atoms with Crippen molar-refractivity contribution in [3.63, 3.8) is 0 Å². The van der Waals surface area contributed by atoms with Crippen LogP contribution in [0.15, 0.2) is 43.0 Å². The number of nitrogens with zero attached hydrogens (tertiary/aromatic N) is 2. The number of alkyl halides is 3. The lowest BCUT2D eigenvalue weighted by atomic mass is 10.0. The Morgan fingerprint density at radius 2 is 1.50 bits per heavy atom. The monoisotopic (exact) mass is 254 g/mol. The predicted molar refractivity (Wildman–Crippen MR) is 57.5 cm³/mol. The minimum atomic E-state index is -4.38. The smallest absolute Gasteiger partial charge is 0.384 e. The van der Waals surface area contributed by atoms with Crippen molar-refractivity contribution < 1.29 is 18.3 Å². The Labute approximate surface area is 101 Å². The maximum absolute atomic E-state index is 12.4. The molecule has 0 unspecified atom stereocenters. The Morgan fingerprint density at radius 3 is 2.00 bits per heavy atom. The van der Waals surface area contributed by atoms with Gasteiger partial charge >= 0.3 is 6.18 Å². The number of hydrogen-bond donors (Lipinski definition) is 1. The Morgan fingerprint density at radius 1 is 0.944 bits per heavy atom. The van der Waals surface area contributed by atoms with E-state index in [0.29, 0.717) is 11.1 Å². The molecule has 0 bridgehead atoms. The largest absolute Gasteiger partial charge is 0.416 e. The van der Waals surface area contributed by atoms with Gasteiger partial charge in [0.25, 0.3) is 0 Å². The number of aliphatic hydroxyl groups is 1. The summed E-state index contributed by atoms with van der Waals surface area (Å²) in [6, 6.07) is 4.34. The minimum Gasteiger partial charge on any atom is -0.384 e. The molecule has 3 nitrogen and oxygen atoms in total. The fraction of sp³-hybridized carbons (Fsp3) is 0.167. The van der Waals surface area contributed by atoms with Gasteiger partial charge in [0.1, 0.15) is 12.4 Å². The van der Waals surface area contributed by atoms with E-state index in [2.05, 4.69) is 9.97 Å². The Hall–Kier alpha value is -1.95. The first-order valence-corrected chi connectivity index (χ1v) is 5.08. The summed E-state index contributed by atoms with van der Waals surface area (Å²) in [4.78, 5) is 7.47. The predicted octanol–water partition coefficient (Wildman–Crippen LogP) is 2.58. The molecule has 0 radical (unpaired) electrons. The van der Waals surface area contributed by atoms with Crippen LogP contribution in [0, 0.1) is 0 Å². The maximum Gasteiger partial charge on any atom is 0.416 e. The van der Waals surface area contributed by atoms with Gasteiger partial charge in [0.15, 0.2) is 0 Å². The van der Waals surface area contributed by atoms with Gasteiger partial charge in [0, 0.05) is 18.0 Å². The molecule has 1 atom stereocenters. The van der Waals surface area contributed by atoms with Crippen LogP contribution in [-0.2, 0) is 6.18 Å². The molecule has 6 heteroatoms. The first-order chi connectivity index (χ1) is 8.48. The molecular weight excluding hydrogens is 245 g/mol. The van der Waals surface area contributed by atoms with E-state index in [0.717, 1.165) is 12.1 Å². The summed E-state index contributed by atoms with van der Waals surface area (Å²) in [5.74, 6) is 0. The molecule has 0 fully saturated rings. The number of hydrogen-bond acceptors (Lipinski definition) is 3. The highest BCUT2D eigenvalue weighted by Crippen LogP contribution is 2.30. The number of aliphatic hydroxyl groups excluding tert-OH is 1. The SMILES string of the molecule is O[C@@H](c1ccc(C(F)(F)F)cc1)c1cncnc1. The molecule has 1 aromatic carbocycles. The molecule has 0 aliphatic rings. The molecular formula is C12H9F3N2O. The summed E-state index contributed by atoms with van der Waals surface area (Å²) in [5, 5.41) is 9.92. The van der Waals surface area contributed by atoms with E-state index in [4.69, 9.17) is 0 Å². The highest BCUT2D eigenvalue weighted by atomic mass is 19.4. The molecule has 1 aromatic heterocycles. The summed E-state index contributed by atoms with van der Waals surface area (Å²) in [6.07, 6.45) is -1.28. The lowest BCUT2D eigenvalue weighted by Crippen LogP contribution is -2.06. The first kappa shape index (κ1) is 12.5. The highest BCUT2D eigenvalue weighted by Gasteiger charge is 2.30. The molecule has 0 aliphatic carbocycles. The molecule has 2 aromatic rings. The third kappa shape index (κ3) is 2.65. The van der Waals surface area contributed by atoms with Crippen molar-refractivity contribution in [3.8, 4) is 0 Å². The van der Waals surface area contributed by atoms with E-state index in [1.165, 1.54) is 30.9 Å². The van der Waals surface area contributed by atoms with Crippen LogP contribution in [-0.4, -0.2) is 15.1 Å². The lowest BCUT2D eigenvalue weighted by Gasteiger charge is -2.12. The van der Waals surface area contributed by atoms with Gasteiger partial charge in [-0.2, -0.15) is 13.2 Å². The average molecular weight is 254 g/mol. The van der Waals surface area contributed by atoms with Gasteiger partial charge in [0.2, 0.25) is 0 Å². The number of benzene rings is 1. The van der Waals surface area contributed by atoms with Crippen LogP contribution >= 0.6 is 0 Å². The molecule has 1 heterocycles. The third-order valence-corrected chi connectivity index (χ3v) is 2.45. The van der Waals surface area contributed by atoms with Crippen LogP contribution in [0.1, 0.15) is 22.8 Å². The lowest BCUT2D eigenvalue weighted by molar-refractivity contribution is -0.137. The summed E-state index contributed by atoms with van der Waals surface area (Å²) >= 11 is 0. The van der Waals surface area contributed by atoms with Gasteiger partial charge in [-0.1, -0.05) is 12.1 Å². The van der Waals surface area contributed by atoms with Crippen molar-refractivity contribution in [3.05, 3.63) is 59.7 Å². The van der Waals surface area contributed by atoms with Crippen LogP contribution in [0.25, 0.3) is 0 Å². The second kappa shape index (κ2) is 4.73. The molecule has 2 rings (SSSR count). The standard InChI is InChI=1S/C12H9F3N2O/c13-12(14,15)10-3-1-8(2-4-10)11(18)9-5-16-7-17-6-9/h1-7,11,18H/t11-/m0/s1. The topological polar surface area (TPSA) is 46.0 Å². The zero-order chi connectivity index (χ0) is 13.2. The van der Waals surface area contributed by atoms with Crippen LogP contribution in [0.2, 0.25) is 0 Å². The van der Waals surface area contributed by atoms with Crippen LogP contribution in [0.3, 0.4) is 0 Å². The fourth-order valence-electron chi connectivity index (χ4n) is 1.50. The summed E-state index contributed by atoms with van der Waals surface area (Å²) in [6.45, 7) is 0. The van der Waals surface area contributed by atoms with Gasteiger partial charge in [-0.05, 0) is 17.7 Å². The Kier molecular flexibility index (Phi) is 3.29. The van der Waals surface area contributed by atoms with Crippen molar-refractivity contribution in [1.29, 1.82) is 0 Å². The zero-order valence-corrected chi connectivity index (χ0v) is 9.09.